The lowest BCUT2D eigenvalue weighted by Crippen LogP contribution is -2.30. The Hall–Kier alpha value is -3.34. The molecule has 0 spiro atoms. The Kier molecular flexibility index (Phi) is 8.76. The molecule has 0 bridgehead atoms. The highest BCUT2D eigenvalue weighted by molar-refractivity contribution is 8.00. The zero-order chi connectivity index (χ0) is 27.3. The van der Waals surface area contributed by atoms with E-state index in [-0.39, 0.29) is 27.9 Å². The number of benzene rings is 3. The number of sulfonamides is 1. The van der Waals surface area contributed by atoms with Crippen molar-refractivity contribution in [2.24, 2.45) is 0 Å². The second-order valence-corrected chi connectivity index (χ2v) is 12.0. The molecular weight excluding hydrogens is 522 g/mol. The van der Waals surface area contributed by atoms with E-state index in [1.807, 2.05) is 35.2 Å². The van der Waals surface area contributed by atoms with E-state index in [4.69, 9.17) is 4.74 Å². The molecule has 0 saturated carbocycles. The van der Waals surface area contributed by atoms with E-state index in [9.17, 15) is 18.0 Å². The first kappa shape index (κ1) is 27.7. The molecule has 3 aromatic carbocycles. The molecule has 1 aliphatic heterocycles. The number of rotatable bonds is 10. The first-order valence-corrected chi connectivity index (χ1v) is 14.8. The van der Waals surface area contributed by atoms with Gasteiger partial charge in [-0.1, -0.05) is 42.5 Å². The van der Waals surface area contributed by atoms with Gasteiger partial charge >= 0.3 is 0 Å². The molecule has 2 amide bonds. The van der Waals surface area contributed by atoms with Gasteiger partial charge in [-0.25, -0.2) is 13.1 Å². The molecule has 1 heterocycles. The molecule has 1 atom stereocenters. The maximum atomic E-state index is 13.0. The van der Waals surface area contributed by atoms with Crippen LogP contribution in [-0.2, 0) is 21.2 Å². The van der Waals surface area contributed by atoms with Crippen LogP contribution in [0.15, 0.2) is 77.7 Å². The van der Waals surface area contributed by atoms with Gasteiger partial charge in [0.25, 0.3) is 5.91 Å². The highest BCUT2D eigenvalue weighted by atomic mass is 32.2. The Morgan fingerprint density at radius 2 is 1.79 bits per heavy atom. The van der Waals surface area contributed by atoms with Gasteiger partial charge in [0.05, 0.1) is 23.4 Å². The van der Waals surface area contributed by atoms with E-state index in [1.54, 1.807) is 37.7 Å². The Morgan fingerprint density at radius 3 is 2.45 bits per heavy atom. The van der Waals surface area contributed by atoms with Crippen LogP contribution in [0, 0.1) is 0 Å². The first-order valence-electron chi connectivity index (χ1n) is 12.2. The largest absolute Gasteiger partial charge is 0.495 e. The van der Waals surface area contributed by atoms with Crippen molar-refractivity contribution in [3.05, 3.63) is 89.5 Å². The standard InChI is InChI=1S/C28H31N3O5S2/c1-19(2)30-38(34,35)23-13-14-25(36-3)24(17-23)29-27(33)21-9-11-22(12-10-21)28-31(26(32)18-37-28)16-15-20-7-5-4-6-8-20/h4-14,17,19,28,30H,15-16,18H2,1-3H3,(H,29,33)/t28-/m0/s1. The van der Waals surface area contributed by atoms with Gasteiger partial charge in [-0.2, -0.15) is 0 Å². The van der Waals surface area contributed by atoms with Crippen LogP contribution >= 0.6 is 11.8 Å². The van der Waals surface area contributed by atoms with E-state index < -0.39 is 15.9 Å². The maximum absolute atomic E-state index is 13.0. The van der Waals surface area contributed by atoms with Gasteiger partial charge in [0.2, 0.25) is 15.9 Å². The van der Waals surface area contributed by atoms with Crippen LogP contribution in [0.4, 0.5) is 5.69 Å². The number of amides is 2. The van der Waals surface area contributed by atoms with Crippen molar-refractivity contribution in [3.8, 4) is 5.75 Å². The Balaban J connectivity index is 1.47. The molecule has 0 aromatic heterocycles. The summed E-state index contributed by atoms with van der Waals surface area (Å²) in [4.78, 5) is 27.5. The number of ether oxygens (including phenoxy) is 1. The van der Waals surface area contributed by atoms with Gasteiger partial charge in [0.15, 0.2) is 0 Å². The molecule has 0 aliphatic carbocycles. The van der Waals surface area contributed by atoms with Crippen LogP contribution in [0.3, 0.4) is 0 Å². The van der Waals surface area contributed by atoms with Crippen LogP contribution < -0.4 is 14.8 Å². The van der Waals surface area contributed by atoms with Crippen molar-refractivity contribution in [2.45, 2.75) is 36.6 Å². The number of methoxy groups -OCH3 is 1. The summed E-state index contributed by atoms with van der Waals surface area (Å²) in [5, 5.41) is 2.65. The third kappa shape index (κ3) is 6.56. The number of carbonyl (C=O) groups excluding carboxylic acids is 2. The minimum Gasteiger partial charge on any atom is -0.495 e. The van der Waals surface area contributed by atoms with Crippen LogP contribution in [0.2, 0.25) is 0 Å². The summed E-state index contributed by atoms with van der Waals surface area (Å²) in [5.74, 6) is 0.462. The van der Waals surface area contributed by atoms with Gasteiger partial charge in [0, 0.05) is 18.2 Å². The summed E-state index contributed by atoms with van der Waals surface area (Å²) in [6.45, 7) is 4.08. The number of hydrogen-bond acceptors (Lipinski definition) is 6. The highest BCUT2D eigenvalue weighted by Crippen LogP contribution is 2.38. The van der Waals surface area contributed by atoms with Gasteiger partial charge in [0.1, 0.15) is 11.1 Å². The van der Waals surface area contributed by atoms with Crippen LogP contribution in [0.25, 0.3) is 0 Å². The lowest BCUT2D eigenvalue weighted by molar-refractivity contribution is -0.128. The predicted octanol–water partition coefficient (Wildman–Crippen LogP) is 4.45. The van der Waals surface area contributed by atoms with Crippen molar-refractivity contribution in [3.63, 3.8) is 0 Å². The number of nitrogens with one attached hydrogen (secondary N) is 2. The quantitative estimate of drug-likeness (QED) is 0.384. The minimum absolute atomic E-state index is 0.0242. The average molecular weight is 554 g/mol. The van der Waals surface area contributed by atoms with Gasteiger partial charge in [-0.3, -0.25) is 9.59 Å². The van der Waals surface area contributed by atoms with E-state index >= 15 is 0 Å². The fourth-order valence-corrected chi connectivity index (χ4v) is 6.69. The van der Waals surface area contributed by atoms with Crippen molar-refractivity contribution >= 4 is 39.3 Å². The van der Waals surface area contributed by atoms with E-state index in [2.05, 4.69) is 22.2 Å². The fraction of sp³-hybridized carbons (Fsp3) is 0.286. The molecule has 1 saturated heterocycles. The molecule has 1 aliphatic rings. The summed E-state index contributed by atoms with van der Waals surface area (Å²) < 4.78 is 33.0. The molecule has 0 radical (unpaired) electrons. The molecule has 1 fully saturated rings. The Bertz CT molecular complexity index is 1390. The predicted molar refractivity (Wildman–Crippen MR) is 150 cm³/mol. The van der Waals surface area contributed by atoms with Crippen molar-refractivity contribution in [1.82, 2.24) is 9.62 Å². The van der Waals surface area contributed by atoms with E-state index in [0.717, 1.165) is 12.0 Å². The third-order valence-electron chi connectivity index (χ3n) is 6.03. The summed E-state index contributed by atoms with van der Waals surface area (Å²) in [6, 6.07) is 21.2. The Morgan fingerprint density at radius 1 is 1.08 bits per heavy atom. The smallest absolute Gasteiger partial charge is 0.255 e. The summed E-state index contributed by atoms with van der Waals surface area (Å²) in [6.07, 6.45) is 0.771. The summed E-state index contributed by atoms with van der Waals surface area (Å²) in [5.41, 5.74) is 2.76. The number of carbonyl (C=O) groups is 2. The molecule has 0 unspecified atom stereocenters. The third-order valence-corrected chi connectivity index (χ3v) is 8.94. The molecule has 10 heteroatoms. The normalized spacial score (nSPS) is 15.6. The molecule has 8 nitrogen and oxygen atoms in total. The first-order chi connectivity index (χ1) is 18.2. The average Bonchev–Trinajstić information content (AvgIpc) is 3.27. The summed E-state index contributed by atoms with van der Waals surface area (Å²) >= 11 is 1.57. The summed E-state index contributed by atoms with van der Waals surface area (Å²) in [7, 11) is -2.30. The van der Waals surface area contributed by atoms with Crippen LogP contribution in [0.5, 0.6) is 5.75 Å². The van der Waals surface area contributed by atoms with E-state index in [1.165, 1.54) is 30.9 Å². The zero-order valence-electron chi connectivity index (χ0n) is 21.5. The lowest BCUT2D eigenvalue weighted by atomic mass is 10.1. The van der Waals surface area contributed by atoms with Crippen molar-refractivity contribution in [2.75, 3.05) is 24.7 Å². The zero-order valence-corrected chi connectivity index (χ0v) is 23.1. The van der Waals surface area contributed by atoms with E-state index in [0.29, 0.717) is 23.6 Å². The monoisotopic (exact) mass is 553 g/mol. The topological polar surface area (TPSA) is 105 Å². The van der Waals surface area contributed by atoms with Crippen LogP contribution in [-0.4, -0.2) is 50.6 Å². The Labute approximate surface area is 227 Å². The number of thioether (sulfide) groups is 1. The maximum Gasteiger partial charge on any atom is 0.255 e. The lowest BCUT2D eigenvalue weighted by Gasteiger charge is -2.24. The fourth-order valence-electron chi connectivity index (χ4n) is 4.19. The highest BCUT2D eigenvalue weighted by Gasteiger charge is 2.32. The number of anilines is 1. The minimum atomic E-state index is -3.75. The van der Waals surface area contributed by atoms with Gasteiger partial charge in [-0.15, -0.1) is 11.8 Å². The molecule has 200 valence electrons. The molecule has 3 aromatic rings. The molecular formula is C28H31N3O5S2. The van der Waals surface area contributed by atoms with Crippen molar-refractivity contribution in [1.29, 1.82) is 0 Å². The molecule has 38 heavy (non-hydrogen) atoms. The van der Waals surface area contributed by atoms with Gasteiger partial charge in [-0.05, 0) is 61.7 Å². The molecule has 2 N–H and O–H groups in total. The second-order valence-electron chi connectivity index (χ2n) is 9.20. The SMILES string of the molecule is COc1ccc(S(=O)(=O)NC(C)C)cc1NC(=O)c1ccc([C@@H]2SCC(=O)N2CCc2ccccc2)cc1. The second kappa shape index (κ2) is 12.0. The number of nitrogens with zero attached hydrogens (tertiary/aromatic N) is 1. The molecule has 4 rings (SSSR count). The number of hydrogen-bond donors (Lipinski definition) is 2. The van der Waals surface area contributed by atoms with Crippen LogP contribution in [0.1, 0.15) is 40.7 Å². The van der Waals surface area contributed by atoms with Crippen molar-refractivity contribution < 1.29 is 22.7 Å². The van der Waals surface area contributed by atoms with Gasteiger partial charge < -0.3 is 15.0 Å².